The summed E-state index contributed by atoms with van der Waals surface area (Å²) < 4.78 is 0. The van der Waals surface area contributed by atoms with Gasteiger partial charge in [-0.25, -0.2) is 5.43 Å². The fourth-order valence-electron chi connectivity index (χ4n) is 1.26. The van der Waals surface area contributed by atoms with Crippen molar-refractivity contribution >= 4 is 11.6 Å². The van der Waals surface area contributed by atoms with Crippen molar-refractivity contribution in [3.8, 4) is 0 Å². The summed E-state index contributed by atoms with van der Waals surface area (Å²) in [6.07, 6.45) is 0. The van der Waals surface area contributed by atoms with E-state index in [0.717, 1.165) is 6.54 Å². The maximum atomic E-state index is 5.97. The number of halogens is 1. The van der Waals surface area contributed by atoms with Crippen LogP contribution in [0.5, 0.6) is 0 Å². The second-order valence-electron chi connectivity index (χ2n) is 2.56. The van der Waals surface area contributed by atoms with E-state index in [9.17, 15) is 0 Å². The highest BCUT2D eigenvalue weighted by molar-refractivity contribution is 6.20. The molecule has 2 N–H and O–H groups in total. The summed E-state index contributed by atoms with van der Waals surface area (Å²) in [6, 6.07) is 8.15. The Hall–Kier alpha value is -0.570. The first-order chi connectivity index (χ1) is 5.38. The van der Waals surface area contributed by atoms with Gasteiger partial charge in [-0.3, -0.25) is 5.43 Å². The van der Waals surface area contributed by atoms with Crippen LogP contribution in [0.3, 0.4) is 0 Å². The summed E-state index contributed by atoms with van der Waals surface area (Å²) in [4.78, 5) is 0. The summed E-state index contributed by atoms with van der Waals surface area (Å²) in [5.41, 5.74) is 8.31. The zero-order chi connectivity index (χ0) is 7.68. The Bertz CT molecular complexity index is 262. The number of fused-ring (bicyclic) bond motifs is 1. The van der Waals surface area contributed by atoms with Crippen molar-refractivity contribution in [1.82, 2.24) is 10.9 Å². The van der Waals surface area contributed by atoms with Crippen molar-refractivity contribution in [2.45, 2.75) is 12.0 Å². The van der Waals surface area contributed by atoms with Crippen LogP contribution in [0.4, 0.5) is 0 Å². The van der Waals surface area contributed by atoms with Crippen LogP contribution in [0.2, 0.25) is 0 Å². The highest BCUT2D eigenvalue weighted by Gasteiger charge is 2.14. The molecule has 11 heavy (non-hydrogen) atoms. The van der Waals surface area contributed by atoms with E-state index in [4.69, 9.17) is 11.6 Å². The van der Waals surface area contributed by atoms with Crippen LogP contribution < -0.4 is 10.9 Å². The second-order valence-corrected chi connectivity index (χ2v) is 3.00. The van der Waals surface area contributed by atoms with Gasteiger partial charge < -0.3 is 0 Å². The molecule has 0 spiro atoms. The van der Waals surface area contributed by atoms with Crippen LogP contribution in [-0.4, -0.2) is 0 Å². The molecule has 58 valence electrons. The largest absolute Gasteiger partial charge is 0.252 e. The highest BCUT2D eigenvalue weighted by atomic mass is 35.5. The van der Waals surface area contributed by atoms with Gasteiger partial charge in [0.25, 0.3) is 0 Å². The number of nitrogens with one attached hydrogen (secondary N) is 2. The predicted molar refractivity (Wildman–Crippen MR) is 45.0 cm³/mol. The van der Waals surface area contributed by atoms with Crippen molar-refractivity contribution in [2.24, 2.45) is 0 Å². The third-order valence-electron chi connectivity index (χ3n) is 1.84. The SMILES string of the molecule is ClC1NNCc2ccccc21. The first-order valence-electron chi connectivity index (χ1n) is 3.58. The average molecular weight is 169 g/mol. The van der Waals surface area contributed by atoms with E-state index in [2.05, 4.69) is 16.9 Å². The van der Waals surface area contributed by atoms with E-state index in [1.54, 1.807) is 0 Å². The first-order valence-corrected chi connectivity index (χ1v) is 4.02. The van der Waals surface area contributed by atoms with E-state index in [-0.39, 0.29) is 5.50 Å². The lowest BCUT2D eigenvalue weighted by molar-refractivity contribution is 0.482. The third-order valence-corrected chi connectivity index (χ3v) is 2.18. The molecule has 1 heterocycles. The number of benzene rings is 1. The molecule has 1 aromatic rings. The molecular weight excluding hydrogens is 160 g/mol. The van der Waals surface area contributed by atoms with E-state index < -0.39 is 0 Å². The summed E-state index contributed by atoms with van der Waals surface area (Å²) in [6.45, 7) is 0.847. The standard InChI is InChI=1S/C8H9ClN2/c9-8-7-4-2-1-3-6(7)5-10-11-8/h1-4,8,10-11H,5H2. The van der Waals surface area contributed by atoms with Crippen LogP contribution in [0.25, 0.3) is 0 Å². The smallest absolute Gasteiger partial charge is 0.121 e. The minimum atomic E-state index is -0.0973. The Kier molecular flexibility index (Phi) is 1.82. The fraction of sp³-hybridized carbons (Fsp3) is 0.250. The van der Waals surface area contributed by atoms with Crippen molar-refractivity contribution in [3.05, 3.63) is 35.4 Å². The Morgan fingerprint density at radius 1 is 1.36 bits per heavy atom. The molecule has 1 unspecified atom stereocenters. The molecule has 0 saturated heterocycles. The Morgan fingerprint density at radius 3 is 3.00 bits per heavy atom. The van der Waals surface area contributed by atoms with Gasteiger partial charge in [0.05, 0.1) is 0 Å². The Balaban J connectivity index is 2.44. The fourth-order valence-corrected chi connectivity index (χ4v) is 1.55. The molecule has 1 aliphatic heterocycles. The van der Waals surface area contributed by atoms with E-state index in [1.807, 2.05) is 18.2 Å². The predicted octanol–water partition coefficient (Wildman–Crippen LogP) is 1.53. The number of hydrogen-bond acceptors (Lipinski definition) is 2. The van der Waals surface area contributed by atoms with E-state index in [0.29, 0.717) is 0 Å². The van der Waals surface area contributed by atoms with Gasteiger partial charge in [-0.15, -0.1) is 0 Å². The topological polar surface area (TPSA) is 24.1 Å². The Labute approximate surface area is 70.5 Å². The summed E-state index contributed by atoms with van der Waals surface area (Å²) in [5, 5.41) is 0. The third kappa shape index (κ3) is 1.25. The van der Waals surface area contributed by atoms with Gasteiger partial charge in [0.15, 0.2) is 0 Å². The van der Waals surface area contributed by atoms with Crippen molar-refractivity contribution in [1.29, 1.82) is 0 Å². The lowest BCUT2D eigenvalue weighted by Gasteiger charge is -2.22. The molecule has 2 rings (SSSR count). The van der Waals surface area contributed by atoms with Crippen LogP contribution >= 0.6 is 11.6 Å². The molecule has 0 amide bonds. The summed E-state index contributed by atoms with van der Waals surface area (Å²) >= 11 is 5.97. The second kappa shape index (κ2) is 2.81. The van der Waals surface area contributed by atoms with Gasteiger partial charge >= 0.3 is 0 Å². The maximum Gasteiger partial charge on any atom is 0.121 e. The molecule has 1 atom stereocenters. The minimum Gasteiger partial charge on any atom is -0.252 e. The van der Waals surface area contributed by atoms with Crippen LogP contribution in [-0.2, 0) is 6.54 Å². The molecule has 0 saturated carbocycles. The van der Waals surface area contributed by atoms with Gasteiger partial charge in [0.1, 0.15) is 5.50 Å². The molecule has 0 aliphatic carbocycles. The minimum absolute atomic E-state index is 0.0973. The molecule has 3 heteroatoms. The van der Waals surface area contributed by atoms with E-state index in [1.165, 1.54) is 11.1 Å². The van der Waals surface area contributed by atoms with Crippen molar-refractivity contribution in [3.63, 3.8) is 0 Å². The number of hydrazine groups is 1. The number of rotatable bonds is 0. The summed E-state index contributed by atoms with van der Waals surface area (Å²) in [5.74, 6) is 0. The van der Waals surface area contributed by atoms with E-state index >= 15 is 0 Å². The zero-order valence-corrected chi connectivity index (χ0v) is 6.73. The maximum absolute atomic E-state index is 5.97. The zero-order valence-electron chi connectivity index (χ0n) is 5.97. The quantitative estimate of drug-likeness (QED) is 0.454. The lowest BCUT2D eigenvalue weighted by Crippen LogP contribution is -2.37. The molecule has 0 aromatic heterocycles. The molecule has 0 fully saturated rings. The summed E-state index contributed by atoms with van der Waals surface area (Å²) in [7, 11) is 0. The van der Waals surface area contributed by atoms with Crippen molar-refractivity contribution < 1.29 is 0 Å². The van der Waals surface area contributed by atoms with Crippen LogP contribution in [0, 0.1) is 0 Å². The van der Waals surface area contributed by atoms with Gasteiger partial charge in [-0.05, 0) is 11.1 Å². The molecule has 0 radical (unpaired) electrons. The lowest BCUT2D eigenvalue weighted by atomic mass is 10.1. The van der Waals surface area contributed by atoms with Crippen LogP contribution in [0.15, 0.2) is 24.3 Å². The van der Waals surface area contributed by atoms with Gasteiger partial charge in [-0.1, -0.05) is 35.9 Å². The molecule has 1 aliphatic rings. The molecule has 1 aromatic carbocycles. The van der Waals surface area contributed by atoms with Gasteiger partial charge in [0.2, 0.25) is 0 Å². The molecular formula is C8H9ClN2. The average Bonchev–Trinajstić information content (AvgIpc) is 2.06. The van der Waals surface area contributed by atoms with Gasteiger partial charge in [-0.2, -0.15) is 0 Å². The normalized spacial score (nSPS) is 22.8. The molecule has 2 nitrogen and oxygen atoms in total. The van der Waals surface area contributed by atoms with Crippen molar-refractivity contribution in [2.75, 3.05) is 0 Å². The molecule has 0 bridgehead atoms. The monoisotopic (exact) mass is 168 g/mol. The van der Waals surface area contributed by atoms with Crippen LogP contribution in [0.1, 0.15) is 16.6 Å². The number of hydrogen-bond donors (Lipinski definition) is 2. The Morgan fingerprint density at radius 2 is 2.18 bits per heavy atom. The highest BCUT2D eigenvalue weighted by Crippen LogP contribution is 2.23. The number of alkyl halides is 1. The first kappa shape index (κ1) is 7.10. The van der Waals surface area contributed by atoms with Gasteiger partial charge in [0, 0.05) is 6.54 Å².